The molecule has 0 saturated heterocycles. The Labute approximate surface area is 78.2 Å². The molecule has 0 radical (unpaired) electrons. The molecule has 4 nitrogen and oxygen atoms in total. The van der Waals surface area contributed by atoms with Crippen LogP contribution in [-0.4, -0.2) is 30.9 Å². The maximum absolute atomic E-state index is 10.9. The quantitative estimate of drug-likeness (QED) is 0.493. The minimum absolute atomic E-state index is 0.0333. The molecular formula is C9H15NO3. The Morgan fingerprint density at radius 3 is 2.46 bits per heavy atom. The average Bonchev–Trinajstić information content (AvgIpc) is 2.04. The van der Waals surface area contributed by atoms with Crippen molar-refractivity contribution in [1.82, 2.24) is 4.90 Å². The fourth-order valence-corrected chi connectivity index (χ4v) is 0.603. The molecule has 0 aromatic carbocycles. The minimum atomic E-state index is -0.486. The summed E-state index contributed by atoms with van der Waals surface area (Å²) in [5, 5.41) is 0. The van der Waals surface area contributed by atoms with Crippen molar-refractivity contribution in [2.45, 2.75) is 19.8 Å². The highest BCUT2D eigenvalue weighted by Crippen LogP contribution is 1.92. The lowest BCUT2D eigenvalue weighted by molar-refractivity contribution is -0.114. The van der Waals surface area contributed by atoms with Crippen molar-refractivity contribution < 1.29 is 14.3 Å². The number of carbonyl (C=O) groups excluding carboxylic acids is 2. The van der Waals surface area contributed by atoms with Crippen molar-refractivity contribution in [2.24, 2.45) is 0 Å². The van der Waals surface area contributed by atoms with Crippen LogP contribution in [0.2, 0.25) is 0 Å². The van der Waals surface area contributed by atoms with Gasteiger partial charge in [0.1, 0.15) is 0 Å². The van der Waals surface area contributed by atoms with Gasteiger partial charge in [0.05, 0.1) is 6.26 Å². The third kappa shape index (κ3) is 5.90. The molecule has 1 amide bonds. The van der Waals surface area contributed by atoms with E-state index in [1.54, 1.807) is 14.1 Å². The molecule has 74 valence electrons. The lowest BCUT2D eigenvalue weighted by Crippen LogP contribution is -2.20. The number of hydrogen-bond donors (Lipinski definition) is 0. The first kappa shape index (κ1) is 11.7. The second-order valence-corrected chi connectivity index (χ2v) is 2.80. The van der Waals surface area contributed by atoms with Gasteiger partial charge in [0.15, 0.2) is 5.78 Å². The van der Waals surface area contributed by atoms with Gasteiger partial charge in [0.2, 0.25) is 0 Å². The summed E-state index contributed by atoms with van der Waals surface area (Å²) in [5.74, 6) is -0.0333. The highest BCUT2D eigenvalue weighted by atomic mass is 16.5. The first-order valence-electron chi connectivity index (χ1n) is 4.15. The summed E-state index contributed by atoms with van der Waals surface area (Å²) in [6, 6.07) is 0. The van der Waals surface area contributed by atoms with E-state index in [9.17, 15) is 9.59 Å². The molecule has 4 heteroatoms. The van der Waals surface area contributed by atoms with Crippen molar-refractivity contribution in [3.05, 3.63) is 12.3 Å². The normalized spacial score (nSPS) is 10.1. The zero-order chi connectivity index (χ0) is 10.3. The van der Waals surface area contributed by atoms with Crippen LogP contribution in [-0.2, 0) is 9.53 Å². The predicted octanol–water partition coefficient (Wildman–Crippen LogP) is 1.57. The zero-order valence-corrected chi connectivity index (χ0v) is 8.24. The van der Waals surface area contributed by atoms with Gasteiger partial charge in [-0.2, -0.15) is 0 Å². The highest BCUT2D eigenvalue weighted by Gasteiger charge is 2.01. The monoisotopic (exact) mass is 185 g/mol. The van der Waals surface area contributed by atoms with E-state index in [4.69, 9.17) is 0 Å². The molecule has 0 heterocycles. The molecule has 0 unspecified atom stereocenters. The number of nitrogens with zero attached hydrogens (tertiary/aromatic N) is 1. The van der Waals surface area contributed by atoms with Gasteiger partial charge in [0, 0.05) is 26.6 Å². The van der Waals surface area contributed by atoms with Crippen molar-refractivity contribution in [2.75, 3.05) is 14.1 Å². The Bertz CT molecular complexity index is 209. The van der Waals surface area contributed by atoms with Gasteiger partial charge in [-0.3, -0.25) is 4.79 Å². The van der Waals surface area contributed by atoms with Gasteiger partial charge in [0.25, 0.3) is 0 Å². The molecule has 0 fully saturated rings. The standard InChI is InChI=1S/C9H15NO3/c1-4-5-8(11)6-7-13-9(12)10(2)3/h6-7H,4-5H2,1-3H3. The van der Waals surface area contributed by atoms with E-state index in [-0.39, 0.29) is 5.78 Å². The number of hydrogen-bond acceptors (Lipinski definition) is 3. The lowest BCUT2D eigenvalue weighted by atomic mass is 10.2. The SMILES string of the molecule is CCCC(=O)C=COC(=O)N(C)C. The maximum atomic E-state index is 10.9. The van der Waals surface area contributed by atoms with Gasteiger partial charge in [-0.15, -0.1) is 0 Å². The van der Waals surface area contributed by atoms with Gasteiger partial charge >= 0.3 is 6.09 Å². The molecule has 0 atom stereocenters. The van der Waals surface area contributed by atoms with E-state index >= 15 is 0 Å². The van der Waals surface area contributed by atoms with Crippen molar-refractivity contribution in [3.63, 3.8) is 0 Å². The summed E-state index contributed by atoms with van der Waals surface area (Å²) >= 11 is 0. The molecular weight excluding hydrogens is 170 g/mol. The number of amides is 1. The molecule has 0 aliphatic rings. The number of carbonyl (C=O) groups is 2. The predicted molar refractivity (Wildman–Crippen MR) is 49.2 cm³/mol. The molecule has 13 heavy (non-hydrogen) atoms. The second kappa shape index (κ2) is 6.22. The maximum Gasteiger partial charge on any atom is 0.414 e. The van der Waals surface area contributed by atoms with Crippen molar-refractivity contribution in [3.8, 4) is 0 Å². The Morgan fingerprint density at radius 1 is 1.38 bits per heavy atom. The summed E-state index contributed by atoms with van der Waals surface area (Å²) in [6.45, 7) is 1.91. The van der Waals surface area contributed by atoms with Gasteiger partial charge in [-0.1, -0.05) is 6.92 Å². The molecule has 0 aliphatic carbocycles. The van der Waals surface area contributed by atoms with E-state index in [1.165, 1.54) is 11.0 Å². The number of rotatable bonds is 4. The van der Waals surface area contributed by atoms with E-state index in [2.05, 4.69) is 4.74 Å². The molecule has 0 saturated carbocycles. The Balaban J connectivity index is 3.75. The van der Waals surface area contributed by atoms with Crippen LogP contribution >= 0.6 is 0 Å². The molecule has 0 bridgehead atoms. The summed E-state index contributed by atoms with van der Waals surface area (Å²) in [6.07, 6.45) is 3.19. The van der Waals surface area contributed by atoms with Crippen LogP contribution in [0, 0.1) is 0 Å². The molecule has 0 aliphatic heterocycles. The van der Waals surface area contributed by atoms with Crippen LogP contribution in [0.5, 0.6) is 0 Å². The lowest BCUT2D eigenvalue weighted by Gasteiger charge is -2.06. The van der Waals surface area contributed by atoms with E-state index in [1.807, 2.05) is 6.92 Å². The largest absolute Gasteiger partial charge is 0.418 e. The van der Waals surface area contributed by atoms with Gasteiger partial charge in [-0.05, 0) is 6.42 Å². The summed E-state index contributed by atoms with van der Waals surface area (Å²) in [7, 11) is 3.15. The first-order valence-corrected chi connectivity index (χ1v) is 4.15. The topological polar surface area (TPSA) is 46.6 Å². The van der Waals surface area contributed by atoms with Crippen LogP contribution in [0.25, 0.3) is 0 Å². The molecule has 0 N–H and O–H groups in total. The van der Waals surface area contributed by atoms with Crippen LogP contribution in [0.3, 0.4) is 0 Å². The smallest absolute Gasteiger partial charge is 0.414 e. The van der Waals surface area contributed by atoms with Gasteiger partial charge < -0.3 is 9.64 Å². The number of ketones is 1. The fraction of sp³-hybridized carbons (Fsp3) is 0.556. The minimum Gasteiger partial charge on any atom is -0.418 e. The number of allylic oxidation sites excluding steroid dienone is 1. The summed E-state index contributed by atoms with van der Waals surface area (Å²) in [5.41, 5.74) is 0. The Hall–Kier alpha value is -1.32. The molecule has 0 aromatic rings. The molecule has 0 aromatic heterocycles. The van der Waals surface area contributed by atoms with Crippen molar-refractivity contribution in [1.29, 1.82) is 0 Å². The van der Waals surface area contributed by atoms with Crippen LogP contribution in [0.15, 0.2) is 12.3 Å². The second-order valence-electron chi connectivity index (χ2n) is 2.80. The van der Waals surface area contributed by atoms with E-state index in [0.717, 1.165) is 12.7 Å². The van der Waals surface area contributed by atoms with E-state index in [0.29, 0.717) is 6.42 Å². The van der Waals surface area contributed by atoms with Crippen LogP contribution in [0.4, 0.5) is 4.79 Å². The Kier molecular flexibility index (Phi) is 5.59. The first-order chi connectivity index (χ1) is 6.07. The third-order valence-electron chi connectivity index (χ3n) is 1.28. The summed E-state index contributed by atoms with van der Waals surface area (Å²) in [4.78, 5) is 23.0. The number of ether oxygens (including phenoxy) is 1. The fourth-order valence-electron chi connectivity index (χ4n) is 0.603. The highest BCUT2D eigenvalue weighted by molar-refractivity contribution is 5.89. The van der Waals surface area contributed by atoms with Crippen LogP contribution in [0.1, 0.15) is 19.8 Å². The zero-order valence-electron chi connectivity index (χ0n) is 8.24. The molecule has 0 rings (SSSR count). The van der Waals surface area contributed by atoms with Crippen LogP contribution < -0.4 is 0 Å². The van der Waals surface area contributed by atoms with E-state index < -0.39 is 6.09 Å². The van der Waals surface area contributed by atoms with Crippen molar-refractivity contribution >= 4 is 11.9 Å². The average molecular weight is 185 g/mol. The third-order valence-corrected chi connectivity index (χ3v) is 1.28. The van der Waals surface area contributed by atoms with Gasteiger partial charge in [-0.25, -0.2) is 4.79 Å². The summed E-state index contributed by atoms with van der Waals surface area (Å²) < 4.78 is 4.61. The Morgan fingerprint density at radius 2 is 2.00 bits per heavy atom. The molecule has 0 spiro atoms.